The smallest absolute Gasteiger partial charge is 0.253 e. The summed E-state index contributed by atoms with van der Waals surface area (Å²) >= 11 is 1.66. The molecule has 140 valence electrons. The standard InChI is InChI=1S/C19H27N5OS/c1-14-22-17(13-26-14)12-24(5)19(20-2)21-10-9-15-7-6-8-16(11-15)18(25)23(3)4/h6-8,11,13H,9-10,12H2,1-5H3,(H,20,21). The summed E-state index contributed by atoms with van der Waals surface area (Å²) in [6.45, 7) is 3.47. The normalized spacial score (nSPS) is 11.3. The molecule has 0 aliphatic carbocycles. The van der Waals surface area contributed by atoms with Gasteiger partial charge in [0.05, 0.1) is 17.2 Å². The number of amides is 1. The summed E-state index contributed by atoms with van der Waals surface area (Å²) < 4.78 is 0. The lowest BCUT2D eigenvalue weighted by Crippen LogP contribution is -2.39. The van der Waals surface area contributed by atoms with E-state index >= 15 is 0 Å². The van der Waals surface area contributed by atoms with Crippen LogP contribution in [0.25, 0.3) is 0 Å². The van der Waals surface area contributed by atoms with Gasteiger partial charge in [0.15, 0.2) is 5.96 Å². The quantitative estimate of drug-likeness (QED) is 0.624. The van der Waals surface area contributed by atoms with E-state index in [4.69, 9.17) is 0 Å². The Kier molecular flexibility index (Phi) is 7.15. The molecule has 0 saturated heterocycles. The van der Waals surface area contributed by atoms with Crippen LogP contribution >= 0.6 is 11.3 Å². The Bertz CT molecular complexity index is 769. The van der Waals surface area contributed by atoms with Crippen molar-refractivity contribution < 1.29 is 4.79 Å². The third-order valence-electron chi connectivity index (χ3n) is 3.92. The number of carbonyl (C=O) groups is 1. The number of nitrogens with one attached hydrogen (secondary N) is 1. The maximum atomic E-state index is 12.1. The van der Waals surface area contributed by atoms with Crippen LogP contribution in [0, 0.1) is 6.92 Å². The van der Waals surface area contributed by atoms with Gasteiger partial charge in [0.2, 0.25) is 0 Å². The molecule has 0 bridgehead atoms. The summed E-state index contributed by atoms with van der Waals surface area (Å²) in [4.78, 5) is 24.5. The van der Waals surface area contributed by atoms with Crippen LogP contribution in [0.3, 0.4) is 0 Å². The molecule has 0 atom stereocenters. The van der Waals surface area contributed by atoms with Crippen LogP contribution in [0.15, 0.2) is 34.6 Å². The molecule has 2 rings (SSSR count). The highest BCUT2D eigenvalue weighted by Crippen LogP contribution is 2.10. The maximum absolute atomic E-state index is 12.1. The maximum Gasteiger partial charge on any atom is 0.253 e. The summed E-state index contributed by atoms with van der Waals surface area (Å²) in [7, 11) is 7.31. The molecule has 1 N–H and O–H groups in total. The molecule has 0 aliphatic rings. The lowest BCUT2D eigenvalue weighted by atomic mass is 10.1. The molecule has 1 aromatic carbocycles. The first-order chi connectivity index (χ1) is 12.4. The molecule has 26 heavy (non-hydrogen) atoms. The van der Waals surface area contributed by atoms with Crippen LogP contribution in [0.4, 0.5) is 0 Å². The third kappa shape index (κ3) is 5.56. The molecule has 0 unspecified atom stereocenters. The van der Waals surface area contributed by atoms with Crippen molar-refractivity contribution in [2.45, 2.75) is 19.9 Å². The minimum atomic E-state index is 0.0221. The minimum absolute atomic E-state index is 0.0221. The fraction of sp³-hybridized carbons (Fsp3) is 0.421. The van der Waals surface area contributed by atoms with Crippen molar-refractivity contribution in [1.29, 1.82) is 0 Å². The van der Waals surface area contributed by atoms with E-state index in [0.717, 1.165) is 41.7 Å². The minimum Gasteiger partial charge on any atom is -0.356 e. The van der Waals surface area contributed by atoms with Crippen molar-refractivity contribution in [1.82, 2.24) is 20.1 Å². The van der Waals surface area contributed by atoms with E-state index in [1.165, 1.54) is 0 Å². The number of hydrogen-bond acceptors (Lipinski definition) is 4. The largest absolute Gasteiger partial charge is 0.356 e. The number of aliphatic imine (C=N–C) groups is 1. The molecule has 1 aromatic heterocycles. The van der Waals surface area contributed by atoms with Crippen molar-refractivity contribution in [3.8, 4) is 0 Å². The molecule has 6 nitrogen and oxygen atoms in total. The van der Waals surface area contributed by atoms with Gasteiger partial charge in [-0.1, -0.05) is 12.1 Å². The predicted octanol–water partition coefficient (Wildman–Crippen LogP) is 2.40. The van der Waals surface area contributed by atoms with Crippen molar-refractivity contribution in [2.75, 3.05) is 34.7 Å². The first-order valence-electron chi connectivity index (χ1n) is 8.54. The van der Waals surface area contributed by atoms with Gasteiger partial charge in [-0.2, -0.15) is 0 Å². The predicted molar refractivity (Wildman–Crippen MR) is 108 cm³/mol. The zero-order valence-electron chi connectivity index (χ0n) is 16.1. The summed E-state index contributed by atoms with van der Waals surface area (Å²) in [6, 6.07) is 7.77. The molecular formula is C19H27N5OS. The Morgan fingerprint density at radius 2 is 2.08 bits per heavy atom. The van der Waals surface area contributed by atoms with Gasteiger partial charge >= 0.3 is 0 Å². The number of carbonyl (C=O) groups excluding carboxylic acids is 1. The van der Waals surface area contributed by atoms with E-state index in [0.29, 0.717) is 5.56 Å². The van der Waals surface area contributed by atoms with E-state index in [1.807, 2.05) is 38.2 Å². The number of aryl methyl sites for hydroxylation is 1. The molecule has 1 heterocycles. The highest BCUT2D eigenvalue weighted by molar-refractivity contribution is 7.09. The molecule has 0 spiro atoms. The van der Waals surface area contributed by atoms with Crippen molar-refractivity contribution in [3.63, 3.8) is 0 Å². The summed E-state index contributed by atoms with van der Waals surface area (Å²) in [5, 5.41) is 6.52. The van der Waals surface area contributed by atoms with Gasteiger partial charge in [-0.05, 0) is 31.0 Å². The number of thiazole rings is 1. The van der Waals surface area contributed by atoms with E-state index in [-0.39, 0.29) is 5.91 Å². The Morgan fingerprint density at radius 3 is 2.69 bits per heavy atom. The van der Waals surface area contributed by atoms with Gasteiger partial charge < -0.3 is 15.1 Å². The SMILES string of the molecule is CN=C(NCCc1cccc(C(=O)N(C)C)c1)N(C)Cc1csc(C)n1. The Labute approximate surface area is 159 Å². The van der Waals surface area contributed by atoms with Gasteiger partial charge in [0, 0.05) is 45.7 Å². The lowest BCUT2D eigenvalue weighted by Gasteiger charge is -2.21. The lowest BCUT2D eigenvalue weighted by molar-refractivity contribution is 0.0827. The highest BCUT2D eigenvalue weighted by Gasteiger charge is 2.10. The zero-order valence-corrected chi connectivity index (χ0v) is 16.9. The van der Waals surface area contributed by atoms with Crippen molar-refractivity contribution in [2.24, 2.45) is 4.99 Å². The number of guanidine groups is 1. The highest BCUT2D eigenvalue weighted by atomic mass is 32.1. The number of hydrogen-bond donors (Lipinski definition) is 1. The first-order valence-corrected chi connectivity index (χ1v) is 9.42. The first kappa shape index (κ1) is 19.9. The van der Waals surface area contributed by atoms with Crippen molar-refractivity contribution >= 4 is 23.2 Å². The zero-order chi connectivity index (χ0) is 19.1. The van der Waals surface area contributed by atoms with Crippen LogP contribution in [0.5, 0.6) is 0 Å². The van der Waals surface area contributed by atoms with E-state index in [2.05, 4.69) is 25.6 Å². The second kappa shape index (κ2) is 9.33. The van der Waals surface area contributed by atoms with Gasteiger partial charge in [0.1, 0.15) is 0 Å². The van der Waals surface area contributed by atoms with Crippen LogP contribution in [-0.2, 0) is 13.0 Å². The van der Waals surface area contributed by atoms with Gasteiger partial charge in [0.25, 0.3) is 5.91 Å². The van der Waals surface area contributed by atoms with Gasteiger partial charge in [-0.3, -0.25) is 9.79 Å². The second-order valence-electron chi connectivity index (χ2n) is 6.34. The van der Waals surface area contributed by atoms with Gasteiger partial charge in [-0.25, -0.2) is 4.98 Å². The Morgan fingerprint density at radius 1 is 1.31 bits per heavy atom. The van der Waals surface area contributed by atoms with E-state index in [1.54, 1.807) is 37.4 Å². The van der Waals surface area contributed by atoms with E-state index < -0.39 is 0 Å². The van der Waals surface area contributed by atoms with Gasteiger partial charge in [-0.15, -0.1) is 11.3 Å². The Hall–Kier alpha value is -2.41. The third-order valence-corrected chi connectivity index (χ3v) is 4.74. The summed E-state index contributed by atoms with van der Waals surface area (Å²) in [5.41, 5.74) is 2.89. The number of rotatable bonds is 6. The van der Waals surface area contributed by atoms with Crippen LogP contribution in [-0.4, -0.2) is 61.4 Å². The molecule has 0 radical (unpaired) electrons. The topological polar surface area (TPSA) is 60.8 Å². The monoisotopic (exact) mass is 373 g/mol. The van der Waals surface area contributed by atoms with Crippen molar-refractivity contribution in [3.05, 3.63) is 51.5 Å². The number of aromatic nitrogens is 1. The molecule has 2 aromatic rings. The van der Waals surface area contributed by atoms with Crippen LogP contribution in [0.1, 0.15) is 26.6 Å². The molecule has 0 aliphatic heterocycles. The molecule has 1 amide bonds. The van der Waals surface area contributed by atoms with Crippen LogP contribution in [0.2, 0.25) is 0 Å². The number of benzene rings is 1. The molecule has 7 heteroatoms. The van der Waals surface area contributed by atoms with E-state index in [9.17, 15) is 4.79 Å². The molecule has 0 saturated carbocycles. The Balaban J connectivity index is 1.89. The summed E-state index contributed by atoms with van der Waals surface area (Å²) in [5.74, 6) is 0.852. The van der Waals surface area contributed by atoms with Crippen LogP contribution < -0.4 is 5.32 Å². The number of nitrogens with zero attached hydrogens (tertiary/aromatic N) is 4. The second-order valence-corrected chi connectivity index (χ2v) is 7.40. The summed E-state index contributed by atoms with van der Waals surface area (Å²) in [6.07, 6.45) is 0.817. The molecule has 0 fully saturated rings. The molecular weight excluding hydrogens is 346 g/mol. The fourth-order valence-electron chi connectivity index (χ4n) is 2.62. The average molecular weight is 374 g/mol. The fourth-order valence-corrected chi connectivity index (χ4v) is 3.22. The average Bonchev–Trinajstić information content (AvgIpc) is 3.02.